The second-order valence-corrected chi connectivity index (χ2v) is 11.2. The van der Waals surface area contributed by atoms with Crippen molar-refractivity contribution in [1.29, 1.82) is 0 Å². The largest absolute Gasteiger partial charge is 0.335 e. The average Bonchev–Trinajstić information content (AvgIpc) is 3.31. The minimum absolute atomic E-state index is 0.0278. The van der Waals surface area contributed by atoms with Gasteiger partial charge in [-0.05, 0) is 72.7 Å². The zero-order valence-corrected chi connectivity index (χ0v) is 22.3. The molecule has 2 aliphatic rings. The molecule has 0 spiro atoms. The van der Waals surface area contributed by atoms with E-state index in [-0.39, 0.29) is 17.8 Å². The van der Waals surface area contributed by atoms with Gasteiger partial charge in [0.15, 0.2) is 0 Å². The van der Waals surface area contributed by atoms with E-state index in [1.54, 1.807) is 12.1 Å². The standard InChI is InChI=1S/C32H36ClFN2O/c1-23-9-5-7-13-29(23)30-22-35(19-25-10-6-8-14-31(25)33)20-26(30)21-36(28-11-3-2-4-12-28)32(37)24-15-17-27(34)18-16-24/h5-10,13-18,26,28,30H,2-4,11-12,19-22H2,1H3. The highest BCUT2D eigenvalue weighted by molar-refractivity contribution is 6.31. The van der Waals surface area contributed by atoms with E-state index in [0.29, 0.717) is 23.9 Å². The summed E-state index contributed by atoms with van der Waals surface area (Å²) >= 11 is 6.52. The third-order valence-corrected chi connectivity index (χ3v) is 8.62. The topological polar surface area (TPSA) is 23.6 Å². The molecular formula is C32H36ClFN2O. The summed E-state index contributed by atoms with van der Waals surface area (Å²) in [5.74, 6) is 0.345. The minimum Gasteiger partial charge on any atom is -0.335 e. The van der Waals surface area contributed by atoms with Crippen molar-refractivity contribution in [3.8, 4) is 0 Å². The normalized spacial score (nSPS) is 20.7. The second kappa shape index (κ2) is 11.8. The molecule has 37 heavy (non-hydrogen) atoms. The average molecular weight is 519 g/mol. The number of nitrogens with zero attached hydrogens (tertiary/aromatic N) is 2. The highest BCUT2D eigenvalue weighted by Crippen LogP contribution is 2.37. The number of rotatable bonds is 7. The molecule has 1 amide bonds. The molecule has 0 bridgehead atoms. The molecule has 1 saturated carbocycles. The first-order valence-corrected chi connectivity index (χ1v) is 13.9. The van der Waals surface area contributed by atoms with Crippen LogP contribution in [0, 0.1) is 18.7 Å². The molecule has 1 aliphatic carbocycles. The highest BCUT2D eigenvalue weighted by Gasteiger charge is 2.38. The third-order valence-electron chi connectivity index (χ3n) is 8.26. The lowest BCUT2D eigenvalue weighted by Gasteiger charge is -2.37. The maximum Gasteiger partial charge on any atom is 0.254 e. The Hall–Kier alpha value is -2.69. The van der Waals surface area contributed by atoms with Crippen LogP contribution in [0.3, 0.4) is 0 Å². The number of aryl methyl sites for hydroxylation is 1. The van der Waals surface area contributed by atoms with Gasteiger partial charge in [0.2, 0.25) is 0 Å². The second-order valence-electron chi connectivity index (χ2n) is 10.8. The molecular weight excluding hydrogens is 483 g/mol. The highest BCUT2D eigenvalue weighted by atomic mass is 35.5. The van der Waals surface area contributed by atoms with Crippen molar-refractivity contribution in [2.75, 3.05) is 19.6 Å². The van der Waals surface area contributed by atoms with Crippen LogP contribution in [0.4, 0.5) is 4.39 Å². The lowest BCUT2D eigenvalue weighted by molar-refractivity contribution is 0.0588. The molecule has 2 fully saturated rings. The van der Waals surface area contributed by atoms with E-state index in [9.17, 15) is 9.18 Å². The van der Waals surface area contributed by atoms with Crippen molar-refractivity contribution in [3.63, 3.8) is 0 Å². The summed E-state index contributed by atoms with van der Waals surface area (Å²) in [6.45, 7) is 5.53. The molecule has 0 radical (unpaired) electrons. The Morgan fingerprint density at radius 3 is 2.38 bits per heavy atom. The van der Waals surface area contributed by atoms with Crippen LogP contribution in [0.25, 0.3) is 0 Å². The SMILES string of the molecule is Cc1ccccc1C1CN(Cc2ccccc2Cl)CC1CN(C(=O)c1ccc(F)cc1)C1CCCCC1. The summed E-state index contributed by atoms with van der Waals surface area (Å²) in [6, 6.07) is 23.0. The monoisotopic (exact) mass is 518 g/mol. The lowest BCUT2D eigenvalue weighted by atomic mass is 9.85. The van der Waals surface area contributed by atoms with Crippen LogP contribution in [-0.4, -0.2) is 41.4 Å². The predicted molar refractivity (Wildman–Crippen MR) is 148 cm³/mol. The van der Waals surface area contributed by atoms with E-state index in [1.165, 1.54) is 29.7 Å². The van der Waals surface area contributed by atoms with E-state index in [1.807, 2.05) is 18.2 Å². The van der Waals surface area contributed by atoms with Crippen LogP contribution in [0.1, 0.15) is 65.1 Å². The number of hydrogen-bond donors (Lipinski definition) is 0. The van der Waals surface area contributed by atoms with E-state index < -0.39 is 0 Å². The number of halogens is 2. The van der Waals surface area contributed by atoms with Crippen molar-refractivity contribution in [1.82, 2.24) is 9.80 Å². The quantitative estimate of drug-likeness (QED) is 0.323. The van der Waals surface area contributed by atoms with Gasteiger partial charge in [0, 0.05) is 48.7 Å². The molecule has 3 nitrogen and oxygen atoms in total. The van der Waals surface area contributed by atoms with Crippen LogP contribution >= 0.6 is 11.6 Å². The Morgan fingerprint density at radius 2 is 1.65 bits per heavy atom. The number of carbonyl (C=O) groups is 1. The van der Waals surface area contributed by atoms with Crippen molar-refractivity contribution < 1.29 is 9.18 Å². The van der Waals surface area contributed by atoms with Crippen molar-refractivity contribution in [3.05, 3.63) is 106 Å². The summed E-state index contributed by atoms with van der Waals surface area (Å²) in [6.07, 6.45) is 5.62. The van der Waals surface area contributed by atoms with Gasteiger partial charge < -0.3 is 4.90 Å². The molecule has 194 valence electrons. The number of amides is 1. The first-order chi connectivity index (χ1) is 18.0. The van der Waals surface area contributed by atoms with Crippen LogP contribution < -0.4 is 0 Å². The molecule has 2 atom stereocenters. The molecule has 5 rings (SSSR count). The number of likely N-dealkylation sites (tertiary alicyclic amines) is 1. The minimum atomic E-state index is -0.314. The molecule has 3 aromatic carbocycles. The molecule has 3 aromatic rings. The van der Waals surface area contributed by atoms with E-state index in [2.05, 4.69) is 47.1 Å². The Balaban J connectivity index is 1.44. The van der Waals surface area contributed by atoms with Gasteiger partial charge in [-0.3, -0.25) is 9.69 Å². The molecule has 5 heteroatoms. The predicted octanol–water partition coefficient (Wildman–Crippen LogP) is 7.48. The lowest BCUT2D eigenvalue weighted by Crippen LogP contribution is -2.45. The van der Waals surface area contributed by atoms with E-state index in [4.69, 9.17) is 11.6 Å². The van der Waals surface area contributed by atoms with Crippen LogP contribution in [0.2, 0.25) is 5.02 Å². The number of hydrogen-bond acceptors (Lipinski definition) is 2. The zero-order chi connectivity index (χ0) is 25.8. The first-order valence-electron chi connectivity index (χ1n) is 13.6. The zero-order valence-electron chi connectivity index (χ0n) is 21.6. The van der Waals surface area contributed by atoms with Gasteiger partial charge in [-0.25, -0.2) is 4.39 Å². The van der Waals surface area contributed by atoms with E-state index >= 15 is 0 Å². The molecule has 2 unspecified atom stereocenters. The third kappa shape index (κ3) is 6.08. The fourth-order valence-corrected chi connectivity index (χ4v) is 6.49. The first kappa shape index (κ1) is 25.9. The molecule has 0 N–H and O–H groups in total. The number of carbonyl (C=O) groups excluding carboxylic acids is 1. The Morgan fingerprint density at radius 1 is 0.946 bits per heavy atom. The summed E-state index contributed by atoms with van der Waals surface area (Å²) in [5, 5.41) is 0.800. The summed E-state index contributed by atoms with van der Waals surface area (Å²) in [5.41, 5.74) is 4.38. The summed E-state index contributed by atoms with van der Waals surface area (Å²) in [7, 11) is 0. The van der Waals surface area contributed by atoms with Crippen molar-refractivity contribution in [2.24, 2.45) is 5.92 Å². The summed E-state index contributed by atoms with van der Waals surface area (Å²) in [4.78, 5) is 18.5. The fraction of sp³-hybridized carbons (Fsp3) is 0.406. The van der Waals surface area contributed by atoms with Gasteiger partial charge in [0.05, 0.1) is 0 Å². The Kier molecular flexibility index (Phi) is 8.26. The maximum absolute atomic E-state index is 13.8. The number of benzene rings is 3. The van der Waals surface area contributed by atoms with Gasteiger partial charge in [-0.2, -0.15) is 0 Å². The molecule has 0 aromatic heterocycles. The van der Waals surface area contributed by atoms with Gasteiger partial charge in [0.1, 0.15) is 5.82 Å². The van der Waals surface area contributed by atoms with Crippen molar-refractivity contribution in [2.45, 2.75) is 57.5 Å². The smallest absolute Gasteiger partial charge is 0.254 e. The summed E-state index contributed by atoms with van der Waals surface area (Å²) < 4.78 is 13.6. The fourth-order valence-electron chi connectivity index (χ4n) is 6.30. The van der Waals surface area contributed by atoms with Gasteiger partial charge >= 0.3 is 0 Å². The maximum atomic E-state index is 13.8. The van der Waals surface area contributed by atoms with E-state index in [0.717, 1.165) is 55.9 Å². The van der Waals surface area contributed by atoms with Crippen LogP contribution in [0.5, 0.6) is 0 Å². The van der Waals surface area contributed by atoms with Crippen LogP contribution in [0.15, 0.2) is 72.8 Å². The van der Waals surface area contributed by atoms with Crippen LogP contribution in [-0.2, 0) is 6.54 Å². The van der Waals surface area contributed by atoms with Crippen molar-refractivity contribution >= 4 is 17.5 Å². The molecule has 1 heterocycles. The Labute approximate surface area is 225 Å². The van der Waals surface area contributed by atoms with Gasteiger partial charge in [-0.1, -0.05) is 73.3 Å². The van der Waals surface area contributed by atoms with Gasteiger partial charge in [-0.15, -0.1) is 0 Å². The molecule has 1 aliphatic heterocycles. The Bertz CT molecular complexity index is 1210. The molecule has 1 saturated heterocycles. The van der Waals surface area contributed by atoms with Gasteiger partial charge in [0.25, 0.3) is 5.91 Å².